The number of hydrogen-bond acceptors (Lipinski definition) is 1. The Morgan fingerprint density at radius 1 is 1.15 bits per heavy atom. The number of rotatable bonds is 4. The molecule has 0 unspecified atom stereocenters. The van der Waals surface area contributed by atoms with E-state index in [4.69, 9.17) is 4.43 Å². The molecule has 1 aromatic rings. The van der Waals surface area contributed by atoms with Crippen LogP contribution in [0, 0.1) is 0 Å². The van der Waals surface area contributed by atoms with Crippen molar-refractivity contribution in [3.05, 3.63) is 61.2 Å². The Labute approximate surface area is 82.3 Å². The van der Waals surface area contributed by atoms with Crippen LogP contribution in [0.15, 0.2) is 55.6 Å². The van der Waals surface area contributed by atoms with Crippen molar-refractivity contribution in [2.24, 2.45) is 0 Å². The molecule has 65 valence electrons. The van der Waals surface area contributed by atoms with Gasteiger partial charge in [-0.15, -0.1) is 0 Å². The fourth-order valence-corrected chi connectivity index (χ4v) is 1.44. The van der Waals surface area contributed by atoms with Gasteiger partial charge in [-0.3, -0.25) is 0 Å². The molecule has 0 atom stereocenters. The first-order valence-electron chi connectivity index (χ1n) is 3.96. The van der Waals surface area contributed by atoms with Crippen molar-refractivity contribution in [2.75, 3.05) is 0 Å². The molecule has 1 rings (SSSR count). The minimum absolute atomic E-state index is 0.641. The van der Waals surface area contributed by atoms with E-state index in [0.717, 1.165) is 5.56 Å². The van der Waals surface area contributed by atoms with Crippen LogP contribution >= 0.6 is 0 Å². The molecule has 1 aromatic carbocycles. The van der Waals surface area contributed by atoms with E-state index >= 15 is 0 Å². The molecule has 0 aliphatic rings. The lowest BCUT2D eigenvalue weighted by molar-refractivity contribution is 0.193. The Bertz CT molecular complexity index is 284. The maximum Gasteiger partial charge on any atom is 0.248 e. The van der Waals surface area contributed by atoms with Crippen LogP contribution < -0.4 is 0 Å². The SMILES string of the molecule is C=CC(C=C)(O[Si])c1ccccc1. The molecule has 13 heavy (non-hydrogen) atoms. The van der Waals surface area contributed by atoms with Gasteiger partial charge in [-0.25, -0.2) is 0 Å². The topological polar surface area (TPSA) is 9.23 Å². The highest BCUT2D eigenvalue weighted by molar-refractivity contribution is 5.98. The van der Waals surface area contributed by atoms with Crippen LogP contribution in [0.25, 0.3) is 0 Å². The molecule has 0 heterocycles. The van der Waals surface area contributed by atoms with Crippen LogP contribution in [0.2, 0.25) is 0 Å². The summed E-state index contributed by atoms with van der Waals surface area (Å²) >= 11 is 0. The van der Waals surface area contributed by atoms with E-state index in [1.165, 1.54) is 0 Å². The van der Waals surface area contributed by atoms with Crippen molar-refractivity contribution in [1.29, 1.82) is 0 Å². The maximum atomic E-state index is 5.19. The summed E-state index contributed by atoms with van der Waals surface area (Å²) in [5, 5.41) is 0. The van der Waals surface area contributed by atoms with Crippen LogP contribution in [-0.2, 0) is 10.0 Å². The van der Waals surface area contributed by atoms with Crippen LogP contribution in [-0.4, -0.2) is 10.5 Å². The van der Waals surface area contributed by atoms with Gasteiger partial charge in [0.2, 0.25) is 10.5 Å². The molecule has 0 fully saturated rings. The van der Waals surface area contributed by atoms with Gasteiger partial charge in [0, 0.05) is 0 Å². The third kappa shape index (κ3) is 1.79. The van der Waals surface area contributed by atoms with E-state index in [0.29, 0.717) is 0 Å². The predicted molar refractivity (Wildman–Crippen MR) is 55.4 cm³/mol. The first kappa shape index (κ1) is 9.96. The largest absolute Gasteiger partial charge is 0.402 e. The maximum absolute atomic E-state index is 5.19. The summed E-state index contributed by atoms with van der Waals surface area (Å²) < 4.78 is 5.19. The van der Waals surface area contributed by atoms with E-state index < -0.39 is 5.60 Å². The lowest BCUT2D eigenvalue weighted by Gasteiger charge is -2.25. The second-order valence-electron chi connectivity index (χ2n) is 2.67. The Morgan fingerprint density at radius 2 is 1.69 bits per heavy atom. The van der Waals surface area contributed by atoms with E-state index in [-0.39, 0.29) is 0 Å². The smallest absolute Gasteiger partial charge is 0.248 e. The summed E-state index contributed by atoms with van der Waals surface area (Å²) in [4.78, 5) is 0. The van der Waals surface area contributed by atoms with E-state index in [1.807, 2.05) is 30.3 Å². The monoisotopic (exact) mass is 187 g/mol. The molecule has 0 aliphatic carbocycles. The van der Waals surface area contributed by atoms with Crippen molar-refractivity contribution in [1.82, 2.24) is 0 Å². The van der Waals surface area contributed by atoms with Gasteiger partial charge in [-0.1, -0.05) is 55.6 Å². The van der Waals surface area contributed by atoms with Gasteiger partial charge in [0.25, 0.3) is 0 Å². The zero-order valence-corrected chi connectivity index (χ0v) is 8.36. The first-order valence-corrected chi connectivity index (χ1v) is 4.37. The summed E-state index contributed by atoms with van der Waals surface area (Å²) in [6, 6.07) is 9.77. The standard InChI is InChI=1S/C11H11OSi/c1-3-11(4-2,12-13)10-8-6-5-7-9-10/h3-9H,1-2H2. The molecule has 0 spiro atoms. The molecule has 0 bridgehead atoms. The Hall–Kier alpha value is -1.12. The molecule has 2 heteroatoms. The molecule has 0 aromatic heterocycles. The van der Waals surface area contributed by atoms with Gasteiger partial charge in [0.1, 0.15) is 5.60 Å². The summed E-state index contributed by atoms with van der Waals surface area (Å²) in [7, 11) is 3.04. The second kappa shape index (κ2) is 4.21. The Balaban J connectivity index is 3.15. The summed E-state index contributed by atoms with van der Waals surface area (Å²) in [5.41, 5.74) is 0.355. The highest BCUT2D eigenvalue weighted by atomic mass is 28.2. The molecule has 0 aliphatic heterocycles. The third-order valence-electron chi connectivity index (χ3n) is 2.00. The van der Waals surface area contributed by atoms with Gasteiger partial charge < -0.3 is 4.43 Å². The normalized spacial score (nSPS) is 10.8. The second-order valence-corrected chi connectivity index (χ2v) is 2.87. The van der Waals surface area contributed by atoms with Crippen LogP contribution in [0.4, 0.5) is 0 Å². The Morgan fingerprint density at radius 3 is 2.08 bits per heavy atom. The molecule has 0 N–H and O–H groups in total. The quantitative estimate of drug-likeness (QED) is 0.519. The molecular formula is C11H11OSi. The highest BCUT2D eigenvalue weighted by Gasteiger charge is 2.23. The van der Waals surface area contributed by atoms with E-state index in [1.54, 1.807) is 12.2 Å². The fraction of sp³-hybridized carbons (Fsp3) is 0.0909. The van der Waals surface area contributed by atoms with Crippen LogP contribution in [0.5, 0.6) is 0 Å². The van der Waals surface area contributed by atoms with Gasteiger partial charge in [-0.2, -0.15) is 0 Å². The van der Waals surface area contributed by atoms with Crippen molar-refractivity contribution < 1.29 is 4.43 Å². The van der Waals surface area contributed by atoms with Gasteiger partial charge >= 0.3 is 0 Å². The molecular weight excluding hydrogens is 176 g/mol. The third-order valence-corrected chi connectivity index (χ3v) is 2.34. The zero-order chi connectivity index (χ0) is 9.73. The molecule has 3 radical (unpaired) electrons. The van der Waals surface area contributed by atoms with Crippen molar-refractivity contribution in [3.63, 3.8) is 0 Å². The molecule has 0 amide bonds. The van der Waals surface area contributed by atoms with Crippen molar-refractivity contribution in [3.8, 4) is 0 Å². The molecule has 0 saturated carbocycles. The minimum atomic E-state index is -0.641. The first-order chi connectivity index (χ1) is 6.29. The average Bonchev–Trinajstić information content (AvgIpc) is 2.23. The fourth-order valence-electron chi connectivity index (χ4n) is 1.16. The van der Waals surface area contributed by atoms with Crippen molar-refractivity contribution >= 4 is 10.5 Å². The highest BCUT2D eigenvalue weighted by Crippen LogP contribution is 2.26. The van der Waals surface area contributed by atoms with E-state index in [2.05, 4.69) is 23.6 Å². The predicted octanol–water partition coefficient (Wildman–Crippen LogP) is 2.35. The Kier molecular flexibility index (Phi) is 3.23. The summed E-state index contributed by atoms with van der Waals surface area (Å²) in [6.07, 6.45) is 3.39. The summed E-state index contributed by atoms with van der Waals surface area (Å²) in [6.45, 7) is 7.45. The van der Waals surface area contributed by atoms with Gasteiger partial charge in [0.05, 0.1) is 0 Å². The number of hydrogen-bond donors (Lipinski definition) is 0. The minimum Gasteiger partial charge on any atom is -0.402 e. The van der Waals surface area contributed by atoms with Gasteiger partial charge in [0.15, 0.2) is 0 Å². The van der Waals surface area contributed by atoms with Gasteiger partial charge in [-0.05, 0) is 5.56 Å². The van der Waals surface area contributed by atoms with Crippen LogP contribution in [0.3, 0.4) is 0 Å². The molecule has 0 saturated heterocycles. The lowest BCUT2D eigenvalue weighted by Crippen LogP contribution is -2.22. The van der Waals surface area contributed by atoms with Crippen LogP contribution in [0.1, 0.15) is 5.56 Å². The van der Waals surface area contributed by atoms with Crippen molar-refractivity contribution in [2.45, 2.75) is 5.60 Å². The zero-order valence-electron chi connectivity index (χ0n) is 7.36. The lowest BCUT2D eigenvalue weighted by atomic mass is 9.94. The molecule has 1 nitrogen and oxygen atoms in total. The summed E-state index contributed by atoms with van der Waals surface area (Å²) in [5.74, 6) is 0. The average molecular weight is 187 g/mol. The van der Waals surface area contributed by atoms with E-state index in [9.17, 15) is 0 Å². The number of benzene rings is 1.